The lowest BCUT2D eigenvalue weighted by molar-refractivity contribution is -0.121. The topological polar surface area (TPSA) is 62.0 Å². The molecular formula is C20H25N5O2. The Balaban J connectivity index is 1.47. The van der Waals surface area contributed by atoms with Gasteiger partial charge in [-0.3, -0.25) is 19.1 Å². The molecule has 1 fully saturated rings. The van der Waals surface area contributed by atoms with Crippen LogP contribution in [0.4, 0.5) is 0 Å². The summed E-state index contributed by atoms with van der Waals surface area (Å²) in [5.41, 5.74) is 2.12. The molecule has 3 aromatic rings. The van der Waals surface area contributed by atoms with Crippen molar-refractivity contribution in [2.75, 3.05) is 46.3 Å². The van der Waals surface area contributed by atoms with E-state index in [0.29, 0.717) is 12.1 Å². The average molecular weight is 367 g/mol. The van der Waals surface area contributed by atoms with Gasteiger partial charge in [-0.1, -0.05) is 12.1 Å². The maximum Gasteiger partial charge on any atom is 0.275 e. The van der Waals surface area contributed by atoms with Crippen LogP contribution in [0.2, 0.25) is 0 Å². The fourth-order valence-electron chi connectivity index (χ4n) is 3.69. The van der Waals surface area contributed by atoms with Crippen molar-refractivity contribution >= 4 is 22.5 Å². The number of carbonyl (C=O) groups is 1. The molecule has 27 heavy (non-hydrogen) atoms. The van der Waals surface area contributed by atoms with Crippen LogP contribution in [-0.2, 0) is 11.3 Å². The molecule has 7 nitrogen and oxygen atoms in total. The quantitative estimate of drug-likeness (QED) is 0.718. The zero-order chi connectivity index (χ0) is 18.8. The summed E-state index contributed by atoms with van der Waals surface area (Å²) in [5.74, 6) is -0.132. The van der Waals surface area contributed by atoms with Gasteiger partial charge in [-0.2, -0.15) is 0 Å². The molecular weight excluding hydrogens is 342 g/mol. The van der Waals surface area contributed by atoms with Gasteiger partial charge in [0.25, 0.3) is 5.56 Å². The average Bonchev–Trinajstić information content (AvgIpc) is 3.17. The molecule has 0 atom stereocenters. The number of hydrogen-bond donors (Lipinski definition) is 1. The molecule has 0 aliphatic carbocycles. The minimum atomic E-state index is -0.145. The van der Waals surface area contributed by atoms with Crippen molar-refractivity contribution in [1.29, 1.82) is 0 Å². The largest absolute Gasteiger partial charge is 0.353 e. The van der Waals surface area contributed by atoms with Crippen LogP contribution in [0.5, 0.6) is 0 Å². The first kappa shape index (κ1) is 17.8. The molecule has 142 valence electrons. The smallest absolute Gasteiger partial charge is 0.275 e. The minimum Gasteiger partial charge on any atom is -0.353 e. The van der Waals surface area contributed by atoms with E-state index in [1.54, 1.807) is 10.6 Å². The third-order valence-electron chi connectivity index (χ3n) is 5.29. The lowest BCUT2D eigenvalue weighted by atomic mass is 10.2. The highest BCUT2D eigenvalue weighted by Crippen LogP contribution is 2.14. The molecule has 1 amide bonds. The molecule has 7 heteroatoms. The van der Waals surface area contributed by atoms with E-state index in [4.69, 9.17) is 0 Å². The molecule has 0 saturated carbocycles. The Morgan fingerprint density at radius 3 is 2.48 bits per heavy atom. The normalized spacial score (nSPS) is 16.2. The van der Waals surface area contributed by atoms with Gasteiger partial charge in [-0.15, -0.1) is 0 Å². The van der Waals surface area contributed by atoms with Gasteiger partial charge in [0.2, 0.25) is 5.91 Å². The van der Waals surface area contributed by atoms with Crippen LogP contribution in [0.15, 0.2) is 47.4 Å². The number of para-hydroxylation sites is 2. The van der Waals surface area contributed by atoms with Crippen LogP contribution >= 0.6 is 0 Å². The molecule has 1 aliphatic heterocycles. The molecule has 1 N–H and O–H groups in total. The summed E-state index contributed by atoms with van der Waals surface area (Å²) in [5, 5.41) is 2.96. The third-order valence-corrected chi connectivity index (χ3v) is 5.29. The highest BCUT2D eigenvalue weighted by molar-refractivity contribution is 5.82. The highest BCUT2D eigenvalue weighted by Gasteiger charge is 2.15. The molecule has 4 rings (SSSR count). The number of aromatic nitrogens is 2. The fourth-order valence-corrected chi connectivity index (χ4v) is 3.69. The van der Waals surface area contributed by atoms with E-state index in [1.165, 1.54) is 0 Å². The standard InChI is InChI=1S/C20H25N5O2/c1-22-11-13-23(14-12-22)10-8-21-19(26)15-25-17-6-3-2-5-16(17)24-9-4-7-18(24)20(25)27/h2-7,9H,8,10-15H2,1H3,(H,21,26). The summed E-state index contributed by atoms with van der Waals surface area (Å²) in [6.07, 6.45) is 1.87. The Labute approximate surface area is 157 Å². The predicted molar refractivity (Wildman–Crippen MR) is 106 cm³/mol. The fraction of sp³-hybridized carbons (Fsp3) is 0.400. The van der Waals surface area contributed by atoms with Gasteiger partial charge >= 0.3 is 0 Å². The number of fused-ring (bicyclic) bond motifs is 3. The minimum absolute atomic E-state index is 0.0315. The number of likely N-dealkylation sites (N-methyl/N-ethyl adjacent to an activating group) is 1. The number of hydrogen-bond acceptors (Lipinski definition) is 4. The van der Waals surface area contributed by atoms with Gasteiger partial charge < -0.3 is 14.6 Å². The second-order valence-corrected chi connectivity index (χ2v) is 7.14. The van der Waals surface area contributed by atoms with E-state index in [0.717, 1.165) is 43.8 Å². The van der Waals surface area contributed by atoms with Crippen LogP contribution in [-0.4, -0.2) is 71.0 Å². The van der Waals surface area contributed by atoms with Gasteiger partial charge in [-0.05, 0) is 31.3 Å². The Hall–Kier alpha value is -2.64. The lowest BCUT2D eigenvalue weighted by Gasteiger charge is -2.32. The number of benzene rings is 1. The number of nitrogens with one attached hydrogen (secondary N) is 1. The number of piperazine rings is 1. The summed E-state index contributed by atoms with van der Waals surface area (Å²) in [6.45, 7) is 5.65. The van der Waals surface area contributed by atoms with Crippen molar-refractivity contribution in [3.8, 4) is 0 Å². The summed E-state index contributed by atoms with van der Waals surface area (Å²) in [6, 6.07) is 11.3. The van der Waals surface area contributed by atoms with E-state index in [2.05, 4.69) is 22.2 Å². The zero-order valence-electron chi connectivity index (χ0n) is 15.6. The molecule has 1 saturated heterocycles. The molecule has 1 aliphatic rings. The van der Waals surface area contributed by atoms with E-state index in [1.807, 2.05) is 40.9 Å². The van der Waals surface area contributed by atoms with Gasteiger partial charge in [0, 0.05) is 45.5 Å². The van der Waals surface area contributed by atoms with Crippen molar-refractivity contribution < 1.29 is 4.79 Å². The first-order valence-corrected chi connectivity index (χ1v) is 9.40. The van der Waals surface area contributed by atoms with Gasteiger partial charge in [0.05, 0.1) is 11.0 Å². The van der Waals surface area contributed by atoms with Crippen molar-refractivity contribution in [1.82, 2.24) is 24.1 Å². The van der Waals surface area contributed by atoms with Gasteiger partial charge in [0.1, 0.15) is 12.1 Å². The maximum absolute atomic E-state index is 12.8. The molecule has 1 aromatic carbocycles. The summed E-state index contributed by atoms with van der Waals surface area (Å²) < 4.78 is 3.44. The lowest BCUT2D eigenvalue weighted by Crippen LogP contribution is -2.47. The maximum atomic E-state index is 12.8. The SMILES string of the molecule is CN1CCN(CCNC(=O)Cn2c(=O)c3cccn3c3ccccc32)CC1. The second kappa shape index (κ2) is 7.54. The van der Waals surface area contributed by atoms with Crippen LogP contribution < -0.4 is 10.9 Å². The van der Waals surface area contributed by atoms with E-state index < -0.39 is 0 Å². The van der Waals surface area contributed by atoms with Crippen molar-refractivity contribution in [2.24, 2.45) is 0 Å². The number of rotatable bonds is 5. The van der Waals surface area contributed by atoms with Crippen LogP contribution in [0.1, 0.15) is 0 Å². The molecule has 2 aromatic heterocycles. The first-order valence-electron chi connectivity index (χ1n) is 9.40. The molecule has 0 spiro atoms. The third kappa shape index (κ3) is 3.61. The Morgan fingerprint density at radius 2 is 1.70 bits per heavy atom. The van der Waals surface area contributed by atoms with Crippen LogP contribution in [0.25, 0.3) is 16.6 Å². The van der Waals surface area contributed by atoms with Crippen molar-refractivity contribution in [3.63, 3.8) is 0 Å². The Morgan fingerprint density at radius 1 is 1.00 bits per heavy atom. The summed E-state index contributed by atoms with van der Waals surface area (Å²) in [4.78, 5) is 30.0. The van der Waals surface area contributed by atoms with Gasteiger partial charge in [-0.25, -0.2) is 0 Å². The van der Waals surface area contributed by atoms with Crippen molar-refractivity contribution in [2.45, 2.75) is 6.54 Å². The van der Waals surface area contributed by atoms with Crippen LogP contribution in [0.3, 0.4) is 0 Å². The summed E-state index contributed by atoms with van der Waals surface area (Å²) >= 11 is 0. The number of carbonyl (C=O) groups excluding carboxylic acids is 1. The first-order chi connectivity index (χ1) is 13.1. The van der Waals surface area contributed by atoms with E-state index in [9.17, 15) is 9.59 Å². The zero-order valence-corrected chi connectivity index (χ0v) is 15.6. The molecule has 0 unspecified atom stereocenters. The molecule has 0 radical (unpaired) electrons. The highest BCUT2D eigenvalue weighted by atomic mass is 16.2. The Kier molecular flexibility index (Phi) is 4.96. The Bertz CT molecular complexity index is 1010. The molecule has 0 bridgehead atoms. The van der Waals surface area contributed by atoms with E-state index in [-0.39, 0.29) is 18.0 Å². The van der Waals surface area contributed by atoms with E-state index >= 15 is 0 Å². The predicted octanol–water partition coefficient (Wildman–Crippen LogP) is 0.618. The van der Waals surface area contributed by atoms with Gasteiger partial charge in [0.15, 0.2) is 0 Å². The van der Waals surface area contributed by atoms with Crippen LogP contribution in [0, 0.1) is 0 Å². The second-order valence-electron chi connectivity index (χ2n) is 7.14. The monoisotopic (exact) mass is 367 g/mol. The van der Waals surface area contributed by atoms with Crippen molar-refractivity contribution in [3.05, 3.63) is 52.9 Å². The summed E-state index contributed by atoms with van der Waals surface area (Å²) in [7, 11) is 2.13. The number of amides is 1. The number of nitrogens with zero attached hydrogens (tertiary/aromatic N) is 4. The molecule has 3 heterocycles.